The van der Waals surface area contributed by atoms with Gasteiger partial charge in [-0.15, -0.1) is 0 Å². The number of carbonyl (C=O) groups excluding carboxylic acids is 1. The Morgan fingerprint density at radius 2 is 1.84 bits per heavy atom. The van der Waals surface area contributed by atoms with E-state index in [1.54, 1.807) is 47.4 Å². The maximum absolute atomic E-state index is 13.1. The zero-order valence-corrected chi connectivity index (χ0v) is 17.6. The van der Waals surface area contributed by atoms with Crippen LogP contribution in [0.2, 0.25) is 10.0 Å². The van der Waals surface area contributed by atoms with Crippen LogP contribution in [-0.4, -0.2) is 25.7 Å². The highest BCUT2D eigenvalue weighted by Crippen LogP contribution is 2.28. The normalized spacial score (nSPS) is 11.2. The number of benzene rings is 2. The van der Waals surface area contributed by atoms with Crippen molar-refractivity contribution in [1.29, 1.82) is 0 Å². The van der Waals surface area contributed by atoms with Crippen molar-refractivity contribution in [3.63, 3.8) is 0 Å². The van der Waals surface area contributed by atoms with Crippen LogP contribution >= 0.6 is 23.2 Å². The summed E-state index contributed by atoms with van der Waals surface area (Å²) in [5, 5.41) is 10.2. The molecular weight excluding hydrogens is 433 g/mol. The van der Waals surface area contributed by atoms with Crippen LogP contribution in [0.5, 0.6) is 0 Å². The second-order valence-corrected chi connectivity index (χ2v) is 7.82. The summed E-state index contributed by atoms with van der Waals surface area (Å²) in [5.74, 6) is 0.106. The first-order valence-corrected chi connectivity index (χ1v) is 10.3. The molecule has 1 N–H and O–H groups in total. The van der Waals surface area contributed by atoms with Gasteiger partial charge in [0, 0.05) is 33.2 Å². The lowest BCUT2D eigenvalue weighted by Gasteiger charge is -2.07. The predicted octanol–water partition coefficient (Wildman–Crippen LogP) is 5.59. The average molecular weight is 448 g/mol. The Balaban J connectivity index is 1.64. The summed E-state index contributed by atoms with van der Waals surface area (Å²) >= 11 is 12.4. The third-order valence-electron chi connectivity index (χ3n) is 4.93. The van der Waals surface area contributed by atoms with Gasteiger partial charge in [0.1, 0.15) is 5.82 Å². The molecule has 8 heteroatoms. The zero-order chi connectivity index (χ0) is 21.4. The lowest BCUT2D eigenvalue weighted by Crippen LogP contribution is -2.14. The fraction of sp³-hybridized carbons (Fsp3) is 0.0435. The van der Waals surface area contributed by atoms with Crippen molar-refractivity contribution >= 4 is 56.7 Å². The maximum atomic E-state index is 13.1. The van der Waals surface area contributed by atoms with E-state index in [0.717, 1.165) is 22.0 Å². The first-order valence-electron chi connectivity index (χ1n) is 9.50. The molecule has 0 radical (unpaired) electrons. The fourth-order valence-corrected chi connectivity index (χ4v) is 3.92. The Morgan fingerprint density at radius 3 is 2.65 bits per heavy atom. The molecule has 5 rings (SSSR count). The standard InChI is InChI=1S/C23H15Cl2N5O/c24-16-7-6-15(18(25)11-16)13-30-20-10-14-4-3-9-26-19(14)12-17(20)22(29-30)23(31)28-21-5-1-2-8-27-21/h1-12H,13H2,(H,27,28,31). The quantitative estimate of drug-likeness (QED) is 0.389. The Labute approximate surface area is 187 Å². The molecular formula is C23H15Cl2N5O. The molecule has 0 saturated carbocycles. The fourth-order valence-electron chi connectivity index (χ4n) is 3.45. The van der Waals surface area contributed by atoms with Crippen LogP contribution in [0.4, 0.5) is 5.82 Å². The van der Waals surface area contributed by atoms with Gasteiger partial charge in [-0.25, -0.2) is 4.98 Å². The number of aromatic nitrogens is 4. The minimum atomic E-state index is -0.347. The van der Waals surface area contributed by atoms with Crippen molar-refractivity contribution in [3.05, 3.63) is 94.4 Å². The summed E-state index contributed by atoms with van der Waals surface area (Å²) in [6, 6.07) is 18.3. The first kappa shape index (κ1) is 19.5. The number of hydrogen-bond acceptors (Lipinski definition) is 4. The van der Waals surface area contributed by atoms with E-state index in [1.165, 1.54) is 0 Å². The van der Waals surface area contributed by atoms with Crippen molar-refractivity contribution in [2.45, 2.75) is 6.54 Å². The summed E-state index contributed by atoms with van der Waals surface area (Å²) in [6.45, 7) is 0.384. The number of nitrogens with zero attached hydrogens (tertiary/aromatic N) is 4. The van der Waals surface area contributed by atoms with Crippen LogP contribution in [0.15, 0.2) is 73.1 Å². The predicted molar refractivity (Wildman–Crippen MR) is 123 cm³/mol. The topological polar surface area (TPSA) is 72.7 Å². The van der Waals surface area contributed by atoms with Gasteiger partial charge in [-0.3, -0.25) is 14.5 Å². The van der Waals surface area contributed by atoms with Gasteiger partial charge in [-0.05, 0) is 48.0 Å². The lowest BCUT2D eigenvalue weighted by atomic mass is 10.1. The molecule has 0 atom stereocenters. The third kappa shape index (κ3) is 3.83. The van der Waals surface area contributed by atoms with Crippen LogP contribution in [0.1, 0.15) is 16.1 Å². The van der Waals surface area contributed by atoms with Gasteiger partial charge in [0.15, 0.2) is 5.69 Å². The van der Waals surface area contributed by atoms with Gasteiger partial charge in [-0.2, -0.15) is 5.10 Å². The summed E-state index contributed by atoms with van der Waals surface area (Å²) in [6.07, 6.45) is 3.34. The van der Waals surface area contributed by atoms with E-state index in [-0.39, 0.29) is 5.91 Å². The number of anilines is 1. The molecule has 0 bridgehead atoms. The van der Waals surface area contributed by atoms with Crippen molar-refractivity contribution < 1.29 is 4.79 Å². The average Bonchev–Trinajstić information content (AvgIpc) is 3.12. The van der Waals surface area contributed by atoms with Crippen LogP contribution in [0, 0.1) is 0 Å². The SMILES string of the molecule is O=C(Nc1ccccn1)c1nn(Cc2ccc(Cl)cc2Cl)c2cc3cccnc3cc12. The largest absolute Gasteiger partial charge is 0.305 e. The number of rotatable bonds is 4. The van der Waals surface area contributed by atoms with Crippen LogP contribution < -0.4 is 5.32 Å². The summed E-state index contributed by atoms with van der Waals surface area (Å²) in [7, 11) is 0. The molecule has 2 aromatic carbocycles. The van der Waals surface area contributed by atoms with E-state index in [0.29, 0.717) is 33.5 Å². The summed E-state index contributed by atoms with van der Waals surface area (Å²) in [4.78, 5) is 21.6. The van der Waals surface area contributed by atoms with Crippen LogP contribution in [0.3, 0.4) is 0 Å². The second kappa shape index (κ2) is 7.98. The second-order valence-electron chi connectivity index (χ2n) is 6.98. The third-order valence-corrected chi connectivity index (χ3v) is 5.52. The molecule has 5 aromatic rings. The highest BCUT2D eigenvalue weighted by atomic mass is 35.5. The van der Waals surface area contributed by atoms with Gasteiger partial charge in [-0.1, -0.05) is 41.4 Å². The number of amides is 1. The number of carbonyl (C=O) groups is 1. The molecule has 31 heavy (non-hydrogen) atoms. The highest BCUT2D eigenvalue weighted by molar-refractivity contribution is 6.35. The molecule has 0 aliphatic carbocycles. The molecule has 0 spiro atoms. The van der Waals surface area contributed by atoms with Gasteiger partial charge in [0.2, 0.25) is 0 Å². The van der Waals surface area contributed by atoms with E-state index in [9.17, 15) is 4.79 Å². The van der Waals surface area contributed by atoms with Gasteiger partial charge >= 0.3 is 0 Å². The molecule has 0 aliphatic heterocycles. The molecule has 3 aromatic heterocycles. The number of nitrogens with one attached hydrogen (secondary N) is 1. The molecule has 0 fully saturated rings. The summed E-state index contributed by atoms with van der Waals surface area (Å²) < 4.78 is 1.77. The van der Waals surface area contributed by atoms with E-state index in [1.807, 2.05) is 30.3 Å². The number of fused-ring (bicyclic) bond motifs is 2. The Bertz CT molecular complexity index is 1430. The Hall–Kier alpha value is -3.48. The van der Waals surface area contributed by atoms with Crippen molar-refractivity contribution in [1.82, 2.24) is 19.7 Å². The minimum Gasteiger partial charge on any atom is -0.305 e. The van der Waals surface area contributed by atoms with Gasteiger partial charge in [0.05, 0.1) is 17.6 Å². The molecule has 3 heterocycles. The molecule has 0 aliphatic rings. The molecule has 152 valence electrons. The van der Waals surface area contributed by atoms with Crippen molar-refractivity contribution in [3.8, 4) is 0 Å². The number of halogens is 2. The van der Waals surface area contributed by atoms with Crippen molar-refractivity contribution in [2.75, 3.05) is 5.32 Å². The lowest BCUT2D eigenvalue weighted by molar-refractivity contribution is 0.102. The first-order chi connectivity index (χ1) is 15.1. The molecule has 0 unspecified atom stereocenters. The maximum Gasteiger partial charge on any atom is 0.277 e. The Kier molecular flexibility index (Phi) is 5.02. The Morgan fingerprint density at radius 1 is 0.968 bits per heavy atom. The van der Waals surface area contributed by atoms with E-state index >= 15 is 0 Å². The zero-order valence-electron chi connectivity index (χ0n) is 16.1. The van der Waals surface area contributed by atoms with E-state index in [4.69, 9.17) is 23.2 Å². The molecule has 0 saturated heterocycles. The van der Waals surface area contributed by atoms with Gasteiger partial charge < -0.3 is 5.32 Å². The van der Waals surface area contributed by atoms with Crippen molar-refractivity contribution in [2.24, 2.45) is 0 Å². The summed E-state index contributed by atoms with van der Waals surface area (Å²) in [5.41, 5.74) is 2.72. The smallest absolute Gasteiger partial charge is 0.277 e. The van der Waals surface area contributed by atoms with Crippen LogP contribution in [-0.2, 0) is 6.54 Å². The van der Waals surface area contributed by atoms with E-state index in [2.05, 4.69) is 20.4 Å². The minimum absolute atomic E-state index is 0.290. The number of hydrogen-bond donors (Lipinski definition) is 1. The number of pyridine rings is 2. The van der Waals surface area contributed by atoms with Crippen LogP contribution in [0.25, 0.3) is 21.8 Å². The highest BCUT2D eigenvalue weighted by Gasteiger charge is 2.19. The molecule has 1 amide bonds. The van der Waals surface area contributed by atoms with E-state index < -0.39 is 0 Å². The monoisotopic (exact) mass is 447 g/mol. The van der Waals surface area contributed by atoms with Gasteiger partial charge in [0.25, 0.3) is 5.91 Å². The molecule has 6 nitrogen and oxygen atoms in total.